The number of hydrogen-bond acceptors (Lipinski definition) is 3. The molecule has 122 valence electrons. The number of aromatic hydroxyl groups is 1. The van der Waals surface area contributed by atoms with Gasteiger partial charge in [-0.1, -0.05) is 12.1 Å². The first-order chi connectivity index (χ1) is 11.1. The van der Waals surface area contributed by atoms with E-state index in [9.17, 15) is 9.90 Å². The van der Waals surface area contributed by atoms with Crippen molar-refractivity contribution in [2.75, 3.05) is 0 Å². The predicted octanol–water partition coefficient (Wildman–Crippen LogP) is 2.99. The van der Waals surface area contributed by atoms with Gasteiger partial charge in [0.25, 0.3) is 0 Å². The number of carbonyl (C=O) groups excluding carboxylic acids is 1. The van der Waals surface area contributed by atoms with Gasteiger partial charge in [0.15, 0.2) is 0 Å². The molecule has 1 aromatic rings. The van der Waals surface area contributed by atoms with E-state index >= 15 is 0 Å². The highest BCUT2D eigenvalue weighted by molar-refractivity contribution is 5.84. The number of para-hydroxylation sites is 1. The maximum absolute atomic E-state index is 12.2. The highest BCUT2D eigenvalue weighted by Crippen LogP contribution is 2.55. The lowest BCUT2D eigenvalue weighted by atomic mass is 9.53. The molecular weight excluding hydrogens is 290 g/mol. The molecule has 4 saturated carbocycles. The van der Waals surface area contributed by atoms with E-state index in [-0.39, 0.29) is 17.3 Å². The van der Waals surface area contributed by atoms with Crippen molar-refractivity contribution in [3.8, 4) is 5.75 Å². The number of benzene rings is 1. The molecule has 4 aliphatic carbocycles. The molecule has 5 nitrogen and oxygen atoms in total. The van der Waals surface area contributed by atoms with E-state index in [4.69, 9.17) is 0 Å². The fourth-order valence-corrected chi connectivity index (χ4v) is 5.29. The van der Waals surface area contributed by atoms with Crippen molar-refractivity contribution in [2.45, 2.75) is 44.1 Å². The molecule has 2 amide bonds. The molecule has 23 heavy (non-hydrogen) atoms. The van der Waals surface area contributed by atoms with Gasteiger partial charge in [-0.25, -0.2) is 10.2 Å². The van der Waals surface area contributed by atoms with Crippen LogP contribution in [-0.2, 0) is 0 Å². The van der Waals surface area contributed by atoms with Crippen LogP contribution in [0.25, 0.3) is 0 Å². The van der Waals surface area contributed by atoms with Gasteiger partial charge >= 0.3 is 6.03 Å². The highest BCUT2D eigenvalue weighted by atomic mass is 16.3. The lowest BCUT2D eigenvalue weighted by Crippen LogP contribution is -2.61. The Morgan fingerprint density at radius 2 is 1.74 bits per heavy atom. The number of carbonyl (C=O) groups is 1. The monoisotopic (exact) mass is 313 g/mol. The first-order valence-electron chi connectivity index (χ1n) is 8.51. The average molecular weight is 313 g/mol. The van der Waals surface area contributed by atoms with Gasteiger partial charge in [-0.05, 0) is 68.4 Å². The molecule has 4 aliphatic rings. The number of amides is 2. The number of rotatable bonds is 3. The molecule has 0 atom stereocenters. The molecule has 0 unspecified atom stereocenters. The van der Waals surface area contributed by atoms with Gasteiger partial charge in [-0.3, -0.25) is 0 Å². The number of hydrazone groups is 1. The molecule has 0 radical (unpaired) electrons. The molecule has 3 N–H and O–H groups in total. The van der Waals surface area contributed by atoms with Crippen molar-refractivity contribution in [1.29, 1.82) is 0 Å². The maximum atomic E-state index is 12.2. The van der Waals surface area contributed by atoms with Gasteiger partial charge in [0.2, 0.25) is 0 Å². The van der Waals surface area contributed by atoms with Crippen LogP contribution in [0, 0.1) is 17.8 Å². The Kier molecular flexibility index (Phi) is 3.51. The summed E-state index contributed by atoms with van der Waals surface area (Å²) in [5, 5.41) is 16.8. The summed E-state index contributed by atoms with van der Waals surface area (Å²) in [4.78, 5) is 12.2. The van der Waals surface area contributed by atoms with E-state index in [1.165, 1.54) is 25.5 Å². The third-order valence-electron chi connectivity index (χ3n) is 5.72. The van der Waals surface area contributed by atoms with Crippen molar-refractivity contribution >= 4 is 12.2 Å². The van der Waals surface area contributed by atoms with Crippen LogP contribution in [0.4, 0.5) is 4.79 Å². The predicted molar refractivity (Wildman–Crippen MR) is 88.3 cm³/mol. The van der Waals surface area contributed by atoms with Crippen LogP contribution >= 0.6 is 0 Å². The average Bonchev–Trinajstić information content (AvgIpc) is 2.47. The van der Waals surface area contributed by atoms with E-state index in [2.05, 4.69) is 15.8 Å². The molecule has 4 bridgehead atoms. The number of phenolic OH excluding ortho intramolecular Hbond substituents is 1. The topological polar surface area (TPSA) is 73.7 Å². The van der Waals surface area contributed by atoms with Crippen molar-refractivity contribution < 1.29 is 9.90 Å². The van der Waals surface area contributed by atoms with Crippen LogP contribution in [0.2, 0.25) is 0 Å². The normalized spacial score (nSPS) is 34.7. The van der Waals surface area contributed by atoms with E-state index in [1.54, 1.807) is 18.2 Å². The minimum Gasteiger partial charge on any atom is -0.507 e. The van der Waals surface area contributed by atoms with E-state index in [0.717, 1.165) is 37.0 Å². The molecule has 0 aliphatic heterocycles. The second-order valence-electron chi connectivity index (χ2n) is 7.58. The third kappa shape index (κ3) is 2.92. The van der Waals surface area contributed by atoms with Gasteiger partial charge in [0.1, 0.15) is 5.75 Å². The Bertz CT molecular complexity index is 606. The third-order valence-corrected chi connectivity index (χ3v) is 5.72. The van der Waals surface area contributed by atoms with Crippen molar-refractivity contribution in [3.05, 3.63) is 29.8 Å². The summed E-state index contributed by atoms with van der Waals surface area (Å²) >= 11 is 0. The van der Waals surface area contributed by atoms with Crippen LogP contribution in [0.1, 0.15) is 44.1 Å². The molecule has 0 spiro atoms. The van der Waals surface area contributed by atoms with Gasteiger partial charge in [-0.15, -0.1) is 0 Å². The Hall–Kier alpha value is -2.04. The molecule has 4 fully saturated rings. The van der Waals surface area contributed by atoms with Crippen LogP contribution in [0.3, 0.4) is 0 Å². The summed E-state index contributed by atoms with van der Waals surface area (Å²) in [6, 6.07) is 6.67. The summed E-state index contributed by atoms with van der Waals surface area (Å²) in [5.74, 6) is 2.54. The Balaban J connectivity index is 1.36. The molecule has 1 aromatic carbocycles. The zero-order chi connectivity index (χ0) is 15.9. The number of urea groups is 1. The number of nitrogens with one attached hydrogen (secondary N) is 2. The Morgan fingerprint density at radius 1 is 1.13 bits per heavy atom. The van der Waals surface area contributed by atoms with Gasteiger partial charge in [0, 0.05) is 11.1 Å². The zero-order valence-corrected chi connectivity index (χ0v) is 13.2. The van der Waals surface area contributed by atoms with Crippen molar-refractivity contribution in [2.24, 2.45) is 22.9 Å². The molecule has 5 heteroatoms. The fraction of sp³-hybridized carbons (Fsp3) is 0.556. The lowest BCUT2D eigenvalue weighted by molar-refractivity contribution is -0.0135. The molecule has 0 heterocycles. The quantitative estimate of drug-likeness (QED) is 0.593. The number of nitrogens with zero attached hydrogens (tertiary/aromatic N) is 1. The Labute approximate surface area is 136 Å². The van der Waals surface area contributed by atoms with Gasteiger partial charge in [-0.2, -0.15) is 5.10 Å². The maximum Gasteiger partial charge on any atom is 0.335 e. The molecular formula is C18H23N3O2. The first kappa shape index (κ1) is 14.5. The number of hydrogen-bond donors (Lipinski definition) is 3. The minimum atomic E-state index is -0.237. The van der Waals surface area contributed by atoms with Crippen molar-refractivity contribution in [3.63, 3.8) is 0 Å². The second-order valence-corrected chi connectivity index (χ2v) is 7.58. The second kappa shape index (κ2) is 5.55. The minimum absolute atomic E-state index is 0.0107. The smallest absolute Gasteiger partial charge is 0.335 e. The summed E-state index contributed by atoms with van der Waals surface area (Å²) in [7, 11) is 0. The zero-order valence-electron chi connectivity index (χ0n) is 13.2. The standard InChI is InChI=1S/C18H23N3O2/c22-16-4-2-1-3-15(16)11-19-21-17(23)20-18-8-12-5-13(9-18)7-14(6-12)10-18/h1-4,11-14,22H,5-10H2,(H2,20,21,23)/b19-11+. The Morgan fingerprint density at radius 3 is 2.35 bits per heavy atom. The van der Waals surface area contributed by atoms with E-state index < -0.39 is 0 Å². The van der Waals surface area contributed by atoms with Crippen LogP contribution in [0.15, 0.2) is 29.4 Å². The first-order valence-corrected chi connectivity index (χ1v) is 8.51. The van der Waals surface area contributed by atoms with E-state index in [0.29, 0.717) is 5.56 Å². The summed E-state index contributed by atoms with van der Waals surface area (Å²) in [5.41, 5.74) is 3.12. The van der Waals surface area contributed by atoms with Gasteiger partial charge < -0.3 is 10.4 Å². The van der Waals surface area contributed by atoms with Gasteiger partial charge in [0.05, 0.1) is 6.21 Å². The summed E-state index contributed by atoms with van der Waals surface area (Å²) in [6.07, 6.45) is 8.89. The fourth-order valence-electron chi connectivity index (χ4n) is 5.29. The molecule has 5 rings (SSSR count). The SMILES string of the molecule is O=C(N/N=C/c1ccccc1O)NC12CC3CC(CC(C3)C1)C2. The molecule has 0 aromatic heterocycles. The van der Waals surface area contributed by atoms with Crippen molar-refractivity contribution in [1.82, 2.24) is 10.7 Å². The van der Waals surface area contributed by atoms with E-state index in [1.807, 2.05) is 6.07 Å². The lowest BCUT2D eigenvalue weighted by Gasteiger charge is -2.56. The number of phenols is 1. The van der Waals surface area contributed by atoms with Crippen LogP contribution in [-0.4, -0.2) is 22.9 Å². The summed E-state index contributed by atoms with van der Waals surface area (Å²) in [6.45, 7) is 0. The van der Waals surface area contributed by atoms with Crippen LogP contribution in [0.5, 0.6) is 5.75 Å². The highest BCUT2D eigenvalue weighted by Gasteiger charge is 2.51. The van der Waals surface area contributed by atoms with Crippen LogP contribution < -0.4 is 10.7 Å². The molecule has 0 saturated heterocycles. The summed E-state index contributed by atoms with van der Waals surface area (Å²) < 4.78 is 0. The largest absolute Gasteiger partial charge is 0.507 e.